The molecule has 0 aromatic heterocycles. The number of amides is 2. The van der Waals surface area contributed by atoms with Crippen LogP contribution in [0, 0.1) is 11.3 Å². The van der Waals surface area contributed by atoms with E-state index in [1.54, 1.807) is 29.2 Å². The number of hydrogen-bond donors (Lipinski definition) is 3. The Morgan fingerprint density at radius 3 is 2.36 bits per heavy atom. The molecule has 1 aliphatic carbocycles. The Balaban J connectivity index is 1.84. The van der Waals surface area contributed by atoms with E-state index in [-0.39, 0.29) is 31.2 Å². The number of carbonyl (C=O) groups excluding carboxylic acids is 2. The summed E-state index contributed by atoms with van der Waals surface area (Å²) >= 11 is 0. The number of ether oxygens (including phenoxy) is 1. The minimum absolute atomic E-state index is 0.0233. The van der Waals surface area contributed by atoms with Gasteiger partial charge in [-0.05, 0) is 48.9 Å². The van der Waals surface area contributed by atoms with Crippen LogP contribution in [0.1, 0.15) is 44.2 Å². The predicted octanol–water partition coefficient (Wildman–Crippen LogP) is 4.90. The number of nitrogens with one attached hydrogen (secondary N) is 1. The molecule has 0 aliphatic heterocycles. The molecule has 7 nitrogen and oxygen atoms in total. The highest BCUT2D eigenvalue weighted by Crippen LogP contribution is 2.43. The number of alkyl halides is 3. The second kappa shape index (κ2) is 15.0. The quantitative estimate of drug-likeness (QED) is 0.275. The highest BCUT2D eigenvalue weighted by molar-refractivity contribution is 5.96. The number of rotatable bonds is 15. The van der Waals surface area contributed by atoms with Crippen molar-refractivity contribution in [2.75, 3.05) is 19.6 Å². The lowest BCUT2D eigenvalue weighted by Crippen LogP contribution is -2.51. The first-order valence-electron chi connectivity index (χ1n) is 14.2. The molecule has 42 heavy (non-hydrogen) atoms. The van der Waals surface area contributed by atoms with Crippen LogP contribution in [-0.2, 0) is 22.6 Å². The zero-order valence-electron chi connectivity index (χ0n) is 24.1. The first kappa shape index (κ1) is 32.9. The Morgan fingerprint density at radius 1 is 1.07 bits per heavy atom. The summed E-state index contributed by atoms with van der Waals surface area (Å²) in [7, 11) is 0. The summed E-state index contributed by atoms with van der Waals surface area (Å²) in [6.07, 6.45) is 1.11. The molecule has 3 rings (SSSR count). The fourth-order valence-corrected chi connectivity index (χ4v) is 5.47. The van der Waals surface area contributed by atoms with E-state index >= 15 is 0 Å². The van der Waals surface area contributed by atoms with Gasteiger partial charge < -0.3 is 25.8 Å². The number of benzene rings is 2. The average molecular weight is 588 g/mol. The molecule has 10 heteroatoms. The van der Waals surface area contributed by atoms with Gasteiger partial charge in [-0.2, -0.15) is 0 Å². The van der Waals surface area contributed by atoms with E-state index in [1.165, 1.54) is 18.2 Å². The van der Waals surface area contributed by atoms with Crippen LogP contribution >= 0.6 is 0 Å². The second-order valence-electron chi connectivity index (χ2n) is 10.6. The summed E-state index contributed by atoms with van der Waals surface area (Å²) in [4.78, 5) is 28.5. The molecule has 0 fully saturated rings. The smallest absolute Gasteiger partial charge is 0.406 e. The molecule has 4 N–H and O–H groups in total. The van der Waals surface area contributed by atoms with Crippen molar-refractivity contribution in [3.8, 4) is 5.75 Å². The van der Waals surface area contributed by atoms with Crippen LogP contribution in [0.2, 0.25) is 0 Å². The van der Waals surface area contributed by atoms with Crippen molar-refractivity contribution in [3.63, 3.8) is 0 Å². The van der Waals surface area contributed by atoms with Gasteiger partial charge in [-0.1, -0.05) is 74.5 Å². The average Bonchev–Trinajstić information content (AvgIpc) is 2.95. The van der Waals surface area contributed by atoms with E-state index in [2.05, 4.69) is 10.1 Å². The molecule has 1 unspecified atom stereocenters. The standard InChI is InChI=1S/C32H40F3N3O4/c1-3-16-38(17-4-2)29(40)25-13-9-15-31(20-25,30(36)41)27(19-23-10-6-5-7-11-23)28(39)22-37-21-24-12-8-14-26(18-24)42-32(33,34)35/h5-15,18,27-28,37,39H,3-4,16-17,19-22H2,1-2H3,(H2,36,41)/t27-,28+,31?/m1/s1. The molecule has 0 heterocycles. The highest BCUT2D eigenvalue weighted by Gasteiger charge is 2.47. The summed E-state index contributed by atoms with van der Waals surface area (Å²) < 4.78 is 41.9. The molecule has 0 bridgehead atoms. The molecule has 1 aliphatic rings. The molecule has 0 saturated heterocycles. The Bertz CT molecular complexity index is 1240. The van der Waals surface area contributed by atoms with Crippen LogP contribution in [0.3, 0.4) is 0 Å². The molecular weight excluding hydrogens is 547 g/mol. The number of aliphatic hydroxyl groups is 1. The van der Waals surface area contributed by atoms with Crippen LogP contribution < -0.4 is 15.8 Å². The van der Waals surface area contributed by atoms with Gasteiger partial charge in [0, 0.05) is 37.7 Å². The SMILES string of the molecule is CCCN(CCC)C(=O)C1=CC=CC(C(N)=O)([C@H](Cc2ccccc2)[C@@H](O)CNCc2cccc(OC(F)(F)F)c2)C1. The van der Waals surface area contributed by atoms with Crippen molar-refractivity contribution in [2.24, 2.45) is 17.1 Å². The molecule has 0 spiro atoms. The summed E-state index contributed by atoms with van der Waals surface area (Å²) in [6.45, 7) is 5.35. The first-order chi connectivity index (χ1) is 20.0. The van der Waals surface area contributed by atoms with Gasteiger partial charge in [-0.15, -0.1) is 13.2 Å². The monoisotopic (exact) mass is 587 g/mol. The van der Waals surface area contributed by atoms with E-state index in [4.69, 9.17) is 5.73 Å². The first-order valence-corrected chi connectivity index (χ1v) is 14.2. The van der Waals surface area contributed by atoms with Crippen molar-refractivity contribution in [2.45, 2.75) is 58.5 Å². The maximum absolute atomic E-state index is 13.5. The van der Waals surface area contributed by atoms with E-state index in [0.29, 0.717) is 30.6 Å². The van der Waals surface area contributed by atoms with E-state index in [9.17, 15) is 27.9 Å². The normalized spacial score (nSPS) is 18.2. The van der Waals surface area contributed by atoms with Gasteiger partial charge in [-0.3, -0.25) is 9.59 Å². The number of allylic oxidation sites excluding steroid dienone is 2. The number of aliphatic hydroxyl groups excluding tert-OH is 1. The van der Waals surface area contributed by atoms with Gasteiger partial charge >= 0.3 is 6.36 Å². The number of primary amides is 1. The van der Waals surface area contributed by atoms with Crippen molar-refractivity contribution in [1.82, 2.24) is 10.2 Å². The minimum Gasteiger partial charge on any atom is -0.406 e. The Kier molecular flexibility index (Phi) is 11.8. The third kappa shape index (κ3) is 8.93. The topological polar surface area (TPSA) is 105 Å². The fraction of sp³-hybridized carbons (Fsp3) is 0.438. The van der Waals surface area contributed by atoms with Crippen LogP contribution in [-0.4, -0.2) is 53.9 Å². The van der Waals surface area contributed by atoms with Crippen LogP contribution in [0.5, 0.6) is 5.75 Å². The van der Waals surface area contributed by atoms with E-state index in [0.717, 1.165) is 18.4 Å². The maximum atomic E-state index is 13.5. The fourth-order valence-electron chi connectivity index (χ4n) is 5.47. The Labute approximate surface area is 245 Å². The van der Waals surface area contributed by atoms with Gasteiger partial charge in [0.25, 0.3) is 0 Å². The molecular formula is C32H40F3N3O4. The molecule has 0 saturated carbocycles. The van der Waals surface area contributed by atoms with E-state index < -0.39 is 29.7 Å². The highest BCUT2D eigenvalue weighted by atomic mass is 19.4. The summed E-state index contributed by atoms with van der Waals surface area (Å²) in [5.74, 6) is -1.84. The Morgan fingerprint density at radius 2 is 1.74 bits per heavy atom. The third-order valence-electron chi connectivity index (χ3n) is 7.42. The lowest BCUT2D eigenvalue weighted by Gasteiger charge is -2.41. The predicted molar refractivity (Wildman–Crippen MR) is 155 cm³/mol. The summed E-state index contributed by atoms with van der Waals surface area (Å²) in [6, 6.07) is 15.0. The van der Waals surface area contributed by atoms with Crippen molar-refractivity contribution in [3.05, 3.63) is 89.5 Å². The van der Waals surface area contributed by atoms with Crippen LogP contribution in [0.4, 0.5) is 13.2 Å². The number of nitrogens with two attached hydrogens (primary N) is 1. The van der Waals surface area contributed by atoms with Crippen molar-refractivity contribution >= 4 is 11.8 Å². The molecule has 3 atom stereocenters. The number of nitrogens with zero attached hydrogens (tertiary/aromatic N) is 1. The van der Waals surface area contributed by atoms with Gasteiger partial charge in [0.05, 0.1) is 11.5 Å². The number of carbonyl (C=O) groups is 2. The van der Waals surface area contributed by atoms with Crippen LogP contribution in [0.15, 0.2) is 78.4 Å². The van der Waals surface area contributed by atoms with Gasteiger partial charge in [0.2, 0.25) is 11.8 Å². The number of hydrogen-bond acceptors (Lipinski definition) is 5. The summed E-state index contributed by atoms with van der Waals surface area (Å²) in [5, 5.41) is 14.6. The zero-order chi connectivity index (χ0) is 30.8. The van der Waals surface area contributed by atoms with Gasteiger partial charge in [-0.25, -0.2) is 0 Å². The molecule has 228 valence electrons. The summed E-state index contributed by atoms with van der Waals surface area (Å²) in [5.41, 5.74) is 6.57. The lowest BCUT2D eigenvalue weighted by atomic mass is 9.64. The third-order valence-corrected chi connectivity index (χ3v) is 7.42. The lowest BCUT2D eigenvalue weighted by molar-refractivity contribution is -0.274. The Hall–Kier alpha value is -3.63. The maximum Gasteiger partial charge on any atom is 0.573 e. The van der Waals surface area contributed by atoms with Crippen molar-refractivity contribution < 1.29 is 32.6 Å². The van der Waals surface area contributed by atoms with E-state index in [1.807, 2.05) is 44.2 Å². The molecule has 2 aromatic rings. The van der Waals surface area contributed by atoms with Gasteiger partial charge in [0.1, 0.15) is 5.75 Å². The van der Waals surface area contributed by atoms with Crippen LogP contribution in [0.25, 0.3) is 0 Å². The number of halogens is 3. The molecule has 2 amide bonds. The second-order valence-corrected chi connectivity index (χ2v) is 10.6. The molecule has 0 radical (unpaired) electrons. The minimum atomic E-state index is -4.80. The molecule has 2 aromatic carbocycles. The van der Waals surface area contributed by atoms with Gasteiger partial charge in [0.15, 0.2) is 0 Å². The largest absolute Gasteiger partial charge is 0.573 e. The van der Waals surface area contributed by atoms with Crippen molar-refractivity contribution in [1.29, 1.82) is 0 Å². The zero-order valence-corrected chi connectivity index (χ0v) is 24.1.